The van der Waals surface area contributed by atoms with Gasteiger partial charge in [-0.1, -0.05) is 0 Å². The van der Waals surface area contributed by atoms with Crippen LogP contribution < -0.4 is 20.1 Å². The van der Waals surface area contributed by atoms with Gasteiger partial charge >= 0.3 is 0 Å². The van der Waals surface area contributed by atoms with Crippen LogP contribution in [0.15, 0.2) is 23.2 Å². The number of nitrogens with zero attached hydrogens (tertiary/aromatic N) is 2. The molecule has 0 amide bonds. The molecule has 0 radical (unpaired) electrons. The molecule has 1 aromatic rings. The first kappa shape index (κ1) is 23.6. The van der Waals surface area contributed by atoms with Crippen LogP contribution in [0.3, 0.4) is 0 Å². The second-order valence-corrected chi connectivity index (χ2v) is 8.33. The van der Waals surface area contributed by atoms with Crippen molar-refractivity contribution >= 4 is 5.96 Å². The Labute approximate surface area is 186 Å². The van der Waals surface area contributed by atoms with Crippen LogP contribution in [0.4, 0.5) is 0 Å². The van der Waals surface area contributed by atoms with E-state index in [1.165, 1.54) is 6.42 Å². The first-order valence-electron chi connectivity index (χ1n) is 11.4. The summed E-state index contributed by atoms with van der Waals surface area (Å²) in [5.74, 6) is 2.75. The SMILES string of the molecule is CCNC(=NCC(O)c1cc(OC)cc(OC)c1)NC1CCN(CC2CCOC2)CC1. The minimum Gasteiger partial charge on any atom is -0.497 e. The van der Waals surface area contributed by atoms with Crippen LogP contribution in [-0.4, -0.2) is 82.2 Å². The maximum Gasteiger partial charge on any atom is 0.191 e. The Morgan fingerprint density at radius 1 is 1.19 bits per heavy atom. The van der Waals surface area contributed by atoms with Crippen LogP contribution in [0.2, 0.25) is 0 Å². The highest BCUT2D eigenvalue weighted by Gasteiger charge is 2.24. The zero-order chi connectivity index (χ0) is 22.1. The molecule has 1 aromatic carbocycles. The van der Waals surface area contributed by atoms with Gasteiger partial charge in [0.25, 0.3) is 0 Å². The van der Waals surface area contributed by atoms with E-state index in [1.54, 1.807) is 20.3 Å². The first-order chi connectivity index (χ1) is 15.1. The van der Waals surface area contributed by atoms with Crippen molar-refractivity contribution in [1.82, 2.24) is 15.5 Å². The van der Waals surface area contributed by atoms with Gasteiger partial charge in [-0.2, -0.15) is 0 Å². The third-order valence-electron chi connectivity index (χ3n) is 5.99. The van der Waals surface area contributed by atoms with E-state index in [9.17, 15) is 5.11 Å². The van der Waals surface area contributed by atoms with Crippen LogP contribution in [0.1, 0.15) is 37.9 Å². The van der Waals surface area contributed by atoms with Crippen LogP contribution in [0.25, 0.3) is 0 Å². The monoisotopic (exact) mass is 434 g/mol. The summed E-state index contributed by atoms with van der Waals surface area (Å²) in [6.07, 6.45) is 2.63. The third-order valence-corrected chi connectivity index (χ3v) is 5.99. The molecule has 0 aromatic heterocycles. The fourth-order valence-corrected chi connectivity index (χ4v) is 4.17. The third kappa shape index (κ3) is 7.26. The Hall–Kier alpha value is -2.03. The highest BCUT2D eigenvalue weighted by atomic mass is 16.5. The Balaban J connectivity index is 1.52. The lowest BCUT2D eigenvalue weighted by Crippen LogP contribution is -2.49. The van der Waals surface area contributed by atoms with Crippen molar-refractivity contribution in [2.24, 2.45) is 10.9 Å². The lowest BCUT2D eigenvalue weighted by atomic mass is 10.0. The number of aliphatic hydroxyl groups excluding tert-OH is 1. The molecule has 0 saturated carbocycles. The molecule has 3 N–H and O–H groups in total. The lowest BCUT2D eigenvalue weighted by molar-refractivity contribution is 0.150. The average molecular weight is 435 g/mol. The maximum atomic E-state index is 10.7. The number of nitrogens with one attached hydrogen (secondary N) is 2. The van der Waals surface area contributed by atoms with Crippen LogP contribution in [-0.2, 0) is 4.74 Å². The smallest absolute Gasteiger partial charge is 0.191 e. The van der Waals surface area contributed by atoms with Crippen LogP contribution in [0.5, 0.6) is 11.5 Å². The van der Waals surface area contributed by atoms with Crippen LogP contribution >= 0.6 is 0 Å². The molecule has 0 bridgehead atoms. The van der Waals surface area contributed by atoms with Gasteiger partial charge in [-0.25, -0.2) is 0 Å². The number of likely N-dealkylation sites (tertiary alicyclic amines) is 1. The molecule has 31 heavy (non-hydrogen) atoms. The predicted octanol–water partition coefficient (Wildman–Crippen LogP) is 1.79. The van der Waals surface area contributed by atoms with E-state index in [4.69, 9.17) is 14.2 Å². The normalized spacial score (nSPS) is 21.7. The highest BCUT2D eigenvalue weighted by Crippen LogP contribution is 2.26. The number of piperidine rings is 1. The standard InChI is InChI=1S/C23H38N4O4/c1-4-24-23(25-14-22(28)18-11-20(29-2)13-21(12-18)30-3)26-19-5-8-27(9-6-19)15-17-7-10-31-16-17/h11-13,17,19,22,28H,4-10,14-16H2,1-3H3,(H2,24,25,26). The maximum absolute atomic E-state index is 10.7. The topological polar surface area (TPSA) is 87.6 Å². The van der Waals surface area contributed by atoms with E-state index in [-0.39, 0.29) is 6.54 Å². The Morgan fingerprint density at radius 2 is 1.90 bits per heavy atom. The Kier molecular flexibility index (Phi) is 9.24. The molecular weight excluding hydrogens is 396 g/mol. The summed E-state index contributed by atoms with van der Waals surface area (Å²) >= 11 is 0. The molecule has 2 aliphatic heterocycles. The van der Waals surface area contributed by atoms with Gasteiger partial charge < -0.3 is 34.9 Å². The minimum atomic E-state index is -0.741. The van der Waals surface area contributed by atoms with Gasteiger partial charge in [0.05, 0.1) is 33.5 Å². The number of aliphatic hydroxyl groups is 1. The van der Waals surface area contributed by atoms with Crippen molar-refractivity contribution in [2.45, 2.75) is 38.3 Å². The predicted molar refractivity (Wildman–Crippen MR) is 122 cm³/mol. The van der Waals surface area contributed by atoms with Crippen molar-refractivity contribution in [3.8, 4) is 11.5 Å². The summed E-state index contributed by atoms with van der Waals surface area (Å²) in [6.45, 7) is 8.25. The molecule has 8 heteroatoms. The molecule has 2 unspecified atom stereocenters. The molecular formula is C23H38N4O4. The molecule has 174 valence electrons. The lowest BCUT2D eigenvalue weighted by Gasteiger charge is -2.34. The van der Waals surface area contributed by atoms with E-state index in [0.29, 0.717) is 23.5 Å². The molecule has 0 spiro atoms. The summed E-state index contributed by atoms with van der Waals surface area (Å²) in [4.78, 5) is 7.19. The van der Waals surface area contributed by atoms with Crippen LogP contribution in [0, 0.1) is 5.92 Å². The number of ether oxygens (including phenoxy) is 3. The summed E-state index contributed by atoms with van der Waals surface area (Å²) in [7, 11) is 3.20. The number of benzene rings is 1. The van der Waals surface area contributed by atoms with Gasteiger partial charge in [-0.3, -0.25) is 4.99 Å². The molecule has 8 nitrogen and oxygen atoms in total. The zero-order valence-electron chi connectivity index (χ0n) is 19.1. The van der Waals surface area contributed by atoms with Gasteiger partial charge in [0.1, 0.15) is 11.5 Å². The number of hydrogen-bond donors (Lipinski definition) is 3. The summed E-state index contributed by atoms with van der Waals surface area (Å²) < 4.78 is 16.1. The Bertz CT molecular complexity index is 679. The summed E-state index contributed by atoms with van der Waals surface area (Å²) in [6, 6.07) is 5.81. The van der Waals surface area contributed by atoms with Gasteiger partial charge in [-0.15, -0.1) is 0 Å². The number of methoxy groups -OCH3 is 2. The minimum absolute atomic E-state index is 0.256. The van der Waals surface area contributed by atoms with Crippen molar-refractivity contribution in [3.05, 3.63) is 23.8 Å². The van der Waals surface area contributed by atoms with Gasteiger partial charge in [-0.05, 0) is 49.8 Å². The quantitative estimate of drug-likeness (QED) is 0.403. The van der Waals surface area contributed by atoms with Crippen molar-refractivity contribution in [1.29, 1.82) is 0 Å². The fourth-order valence-electron chi connectivity index (χ4n) is 4.17. The zero-order valence-corrected chi connectivity index (χ0v) is 19.1. The van der Waals surface area contributed by atoms with E-state index in [0.717, 1.165) is 63.8 Å². The van der Waals surface area contributed by atoms with E-state index >= 15 is 0 Å². The highest BCUT2D eigenvalue weighted by molar-refractivity contribution is 5.80. The van der Waals surface area contributed by atoms with Crippen molar-refractivity contribution in [3.63, 3.8) is 0 Å². The number of hydrogen-bond acceptors (Lipinski definition) is 6. The first-order valence-corrected chi connectivity index (χ1v) is 11.4. The van der Waals surface area contributed by atoms with Gasteiger partial charge in [0.2, 0.25) is 0 Å². The molecule has 2 atom stereocenters. The molecule has 2 aliphatic rings. The van der Waals surface area contributed by atoms with Gasteiger partial charge in [0.15, 0.2) is 5.96 Å². The van der Waals surface area contributed by atoms with E-state index in [2.05, 4.69) is 20.5 Å². The van der Waals surface area contributed by atoms with E-state index in [1.807, 2.05) is 19.1 Å². The molecule has 0 aliphatic carbocycles. The molecule has 2 fully saturated rings. The number of aliphatic imine (C=N–C) groups is 1. The average Bonchev–Trinajstić information content (AvgIpc) is 3.31. The largest absolute Gasteiger partial charge is 0.497 e. The van der Waals surface area contributed by atoms with Crippen molar-refractivity contribution < 1.29 is 19.3 Å². The Morgan fingerprint density at radius 3 is 2.48 bits per heavy atom. The van der Waals surface area contributed by atoms with E-state index < -0.39 is 6.10 Å². The number of guanidine groups is 1. The fraction of sp³-hybridized carbons (Fsp3) is 0.696. The second-order valence-electron chi connectivity index (χ2n) is 8.33. The summed E-state index contributed by atoms with van der Waals surface area (Å²) in [5.41, 5.74) is 0.722. The molecule has 2 saturated heterocycles. The summed E-state index contributed by atoms with van der Waals surface area (Å²) in [5, 5.41) is 17.5. The van der Waals surface area contributed by atoms with Crippen molar-refractivity contribution in [2.75, 3.05) is 60.2 Å². The molecule has 2 heterocycles. The second kappa shape index (κ2) is 12.1. The van der Waals surface area contributed by atoms with Gasteiger partial charge in [0, 0.05) is 44.9 Å². The number of rotatable bonds is 9. The molecule has 3 rings (SSSR count).